The van der Waals surface area contributed by atoms with Crippen LogP contribution >= 0.6 is 12.6 Å². The number of rotatable bonds is 7. The normalized spacial score (nSPS) is 13.3. The zero-order chi connectivity index (χ0) is 17.2. The van der Waals surface area contributed by atoms with E-state index < -0.39 is 28.5 Å². The van der Waals surface area contributed by atoms with Crippen molar-refractivity contribution in [3.05, 3.63) is 0 Å². The number of nitrogens with zero attached hydrogens (tertiary/aromatic N) is 1. The Morgan fingerprint density at radius 1 is 1.38 bits per heavy atom. The van der Waals surface area contributed by atoms with Crippen molar-refractivity contribution in [2.75, 3.05) is 13.6 Å². The maximum Gasteiger partial charge on any atom is 0.244 e. The number of amides is 3. The zero-order valence-electron chi connectivity index (χ0n) is 13.8. The number of imide groups is 1. The van der Waals surface area contributed by atoms with Crippen LogP contribution in [0.4, 0.5) is 0 Å². The van der Waals surface area contributed by atoms with Crippen molar-refractivity contribution in [1.29, 1.82) is 0 Å². The predicted molar refractivity (Wildman–Crippen MR) is 88.0 cm³/mol. The van der Waals surface area contributed by atoms with Gasteiger partial charge in [0.15, 0.2) is 0 Å². The molecule has 0 bridgehead atoms. The molecular weight excluding hydrogens is 290 g/mol. The van der Waals surface area contributed by atoms with Crippen LogP contribution in [0.1, 0.15) is 41.0 Å². The molecular formula is C14H29N3O3S. The second-order valence-electron chi connectivity index (χ2n) is 4.83. The summed E-state index contributed by atoms with van der Waals surface area (Å²) in [5, 5.41) is 2.39. The van der Waals surface area contributed by atoms with Crippen LogP contribution in [0.5, 0.6) is 0 Å². The molecule has 0 aromatic heterocycles. The Balaban J connectivity index is 0. The molecule has 0 fully saturated rings. The summed E-state index contributed by atoms with van der Waals surface area (Å²) in [5.74, 6) is -1.37. The second-order valence-corrected chi connectivity index (χ2v) is 5.98. The van der Waals surface area contributed by atoms with E-state index in [1.54, 1.807) is 13.8 Å². The van der Waals surface area contributed by atoms with Crippen LogP contribution in [0.3, 0.4) is 0 Å². The van der Waals surface area contributed by atoms with E-state index in [1.165, 1.54) is 7.05 Å². The molecule has 0 heterocycles. The highest BCUT2D eigenvalue weighted by molar-refractivity contribution is 7.81. The standard InChI is InChI=1S/C12H23N3O3S.C2H6/c1-5-8(12(2,3)19)11(18)15(7-16)9(6-13)10(17)14-4;1-2/h7-9,19H,5-6,13H2,1-4H3,(H,14,17);1-2H3. The van der Waals surface area contributed by atoms with E-state index >= 15 is 0 Å². The molecule has 0 aliphatic rings. The first-order valence-electron chi connectivity index (χ1n) is 7.16. The Labute approximate surface area is 133 Å². The molecule has 0 aromatic carbocycles. The maximum atomic E-state index is 12.4. The van der Waals surface area contributed by atoms with Gasteiger partial charge in [0.25, 0.3) is 0 Å². The fraction of sp³-hybridized carbons (Fsp3) is 0.786. The first-order valence-corrected chi connectivity index (χ1v) is 7.60. The van der Waals surface area contributed by atoms with E-state index in [9.17, 15) is 14.4 Å². The van der Waals surface area contributed by atoms with Crippen molar-refractivity contribution >= 4 is 30.9 Å². The van der Waals surface area contributed by atoms with Crippen molar-refractivity contribution < 1.29 is 14.4 Å². The van der Waals surface area contributed by atoms with Crippen molar-refractivity contribution in [2.45, 2.75) is 51.8 Å². The molecule has 21 heavy (non-hydrogen) atoms. The van der Waals surface area contributed by atoms with Gasteiger partial charge in [-0.25, -0.2) is 0 Å². The van der Waals surface area contributed by atoms with E-state index in [4.69, 9.17) is 5.73 Å². The van der Waals surface area contributed by atoms with E-state index in [-0.39, 0.29) is 6.54 Å². The lowest BCUT2D eigenvalue weighted by Crippen LogP contribution is -2.55. The molecule has 3 amide bonds. The Morgan fingerprint density at radius 2 is 1.86 bits per heavy atom. The van der Waals surface area contributed by atoms with E-state index in [1.807, 2.05) is 20.8 Å². The summed E-state index contributed by atoms with van der Waals surface area (Å²) in [4.78, 5) is 36.1. The summed E-state index contributed by atoms with van der Waals surface area (Å²) in [5.41, 5.74) is 5.48. The Kier molecular flexibility index (Phi) is 11.2. The van der Waals surface area contributed by atoms with E-state index in [2.05, 4.69) is 17.9 Å². The van der Waals surface area contributed by atoms with Gasteiger partial charge >= 0.3 is 0 Å². The summed E-state index contributed by atoms with van der Waals surface area (Å²) in [6.07, 6.45) is 0.877. The van der Waals surface area contributed by atoms with Gasteiger partial charge in [-0.15, -0.1) is 0 Å². The highest BCUT2D eigenvalue weighted by atomic mass is 32.1. The first kappa shape index (κ1) is 22.2. The number of nitrogens with two attached hydrogens (primary N) is 1. The van der Waals surface area contributed by atoms with Crippen molar-refractivity contribution in [1.82, 2.24) is 10.2 Å². The number of carbonyl (C=O) groups is 3. The number of thiol groups is 1. The summed E-state index contributed by atoms with van der Waals surface area (Å²) < 4.78 is -0.588. The van der Waals surface area contributed by atoms with Crippen LogP contribution in [0, 0.1) is 5.92 Å². The summed E-state index contributed by atoms with van der Waals surface area (Å²) in [6, 6.07) is -0.986. The van der Waals surface area contributed by atoms with E-state index in [0.717, 1.165) is 4.90 Å². The minimum absolute atomic E-state index is 0.117. The van der Waals surface area contributed by atoms with Crippen LogP contribution in [0.2, 0.25) is 0 Å². The molecule has 2 atom stereocenters. The fourth-order valence-corrected chi connectivity index (χ4v) is 2.24. The lowest BCUT2D eigenvalue weighted by Gasteiger charge is -2.33. The molecule has 0 saturated heterocycles. The summed E-state index contributed by atoms with van der Waals surface area (Å²) in [6.45, 7) is 9.31. The van der Waals surface area contributed by atoms with Gasteiger partial charge in [0, 0.05) is 18.3 Å². The second kappa shape index (κ2) is 10.6. The van der Waals surface area contributed by atoms with Crippen LogP contribution in [0.15, 0.2) is 0 Å². The first-order chi connectivity index (χ1) is 9.74. The summed E-state index contributed by atoms with van der Waals surface area (Å²) in [7, 11) is 1.43. The molecule has 0 radical (unpaired) electrons. The average Bonchev–Trinajstić information content (AvgIpc) is 2.44. The zero-order valence-corrected chi connectivity index (χ0v) is 14.7. The Morgan fingerprint density at radius 3 is 2.10 bits per heavy atom. The third-order valence-corrected chi connectivity index (χ3v) is 3.35. The molecule has 124 valence electrons. The molecule has 0 aromatic rings. The Hall–Kier alpha value is -1.08. The number of nitrogens with one attached hydrogen (secondary N) is 1. The molecule has 0 aliphatic heterocycles. The largest absolute Gasteiger partial charge is 0.357 e. The van der Waals surface area contributed by atoms with Gasteiger partial charge in [0.05, 0.1) is 5.92 Å². The van der Waals surface area contributed by atoms with Gasteiger partial charge in [-0.2, -0.15) is 12.6 Å². The minimum Gasteiger partial charge on any atom is -0.357 e. The molecule has 0 saturated carbocycles. The topological polar surface area (TPSA) is 92.5 Å². The highest BCUT2D eigenvalue weighted by Gasteiger charge is 2.37. The molecule has 0 rings (SSSR count). The lowest BCUT2D eigenvalue weighted by atomic mass is 9.90. The SMILES string of the molecule is CC.CCC(C(=O)N(C=O)C(CN)C(=O)NC)C(C)(C)S. The van der Waals surface area contributed by atoms with Crippen molar-refractivity contribution in [3.63, 3.8) is 0 Å². The smallest absolute Gasteiger partial charge is 0.244 e. The van der Waals surface area contributed by atoms with Crippen LogP contribution < -0.4 is 11.1 Å². The van der Waals surface area contributed by atoms with E-state index in [0.29, 0.717) is 12.8 Å². The minimum atomic E-state index is -0.986. The molecule has 3 N–H and O–H groups in total. The molecule has 7 heteroatoms. The van der Waals surface area contributed by atoms with Crippen LogP contribution in [-0.4, -0.2) is 47.5 Å². The van der Waals surface area contributed by atoms with Crippen molar-refractivity contribution in [2.24, 2.45) is 11.7 Å². The number of likely N-dealkylation sites (N-methyl/N-ethyl adjacent to an activating group) is 1. The molecule has 2 unspecified atom stereocenters. The molecule has 0 spiro atoms. The fourth-order valence-electron chi connectivity index (χ4n) is 1.95. The summed E-state index contributed by atoms with van der Waals surface area (Å²) >= 11 is 4.38. The average molecular weight is 319 g/mol. The van der Waals surface area contributed by atoms with Gasteiger partial charge in [0.1, 0.15) is 6.04 Å². The van der Waals surface area contributed by atoms with Gasteiger partial charge in [-0.1, -0.05) is 34.6 Å². The van der Waals surface area contributed by atoms with Gasteiger partial charge in [-0.3, -0.25) is 19.3 Å². The van der Waals surface area contributed by atoms with Crippen molar-refractivity contribution in [3.8, 4) is 0 Å². The monoisotopic (exact) mass is 319 g/mol. The van der Waals surface area contributed by atoms with Crippen LogP contribution in [0.25, 0.3) is 0 Å². The number of carbonyl (C=O) groups excluding carboxylic acids is 3. The molecule has 6 nitrogen and oxygen atoms in total. The lowest BCUT2D eigenvalue weighted by molar-refractivity contribution is -0.149. The molecule has 0 aliphatic carbocycles. The quantitative estimate of drug-likeness (QED) is 0.478. The number of hydrogen-bond donors (Lipinski definition) is 3. The van der Waals surface area contributed by atoms with Gasteiger partial charge in [-0.05, 0) is 6.42 Å². The maximum absolute atomic E-state index is 12.4. The van der Waals surface area contributed by atoms with Gasteiger partial charge < -0.3 is 11.1 Å². The highest BCUT2D eigenvalue weighted by Crippen LogP contribution is 2.28. The Bertz CT molecular complexity index is 343. The third kappa shape index (κ3) is 6.48. The third-order valence-electron chi connectivity index (χ3n) is 3.04. The predicted octanol–water partition coefficient (Wildman–Crippen LogP) is 0.806. The van der Waals surface area contributed by atoms with Crippen LogP contribution in [-0.2, 0) is 14.4 Å². The number of hydrogen-bond acceptors (Lipinski definition) is 5. The van der Waals surface area contributed by atoms with Gasteiger partial charge in [0.2, 0.25) is 18.2 Å².